The number of aromatic hydroxyl groups is 1. The Morgan fingerprint density at radius 1 is 1.27 bits per heavy atom. The topological polar surface area (TPSA) is 81.8 Å². The van der Waals surface area contributed by atoms with Crippen LogP contribution in [0, 0.1) is 0 Å². The van der Waals surface area contributed by atoms with Gasteiger partial charge in [0, 0.05) is 17.7 Å². The molecule has 118 valence electrons. The predicted octanol–water partition coefficient (Wildman–Crippen LogP) is 2.18. The highest BCUT2D eigenvalue weighted by molar-refractivity contribution is 6.55. The molecule has 0 amide bonds. The summed E-state index contributed by atoms with van der Waals surface area (Å²) in [5, 5.41) is 9.94. The summed E-state index contributed by atoms with van der Waals surface area (Å²) < 4.78 is 11.9. The number of phenols is 1. The largest absolute Gasteiger partial charge is 0.507 e. The van der Waals surface area contributed by atoms with Gasteiger partial charge in [-0.15, -0.1) is 0 Å². The number of carbonyl (C=O) groups is 1. The van der Waals surface area contributed by atoms with Crippen LogP contribution >= 0.6 is 0 Å². The number of hydrogen-bond donors (Lipinski definition) is 2. The van der Waals surface area contributed by atoms with Gasteiger partial charge in [0.05, 0.1) is 11.2 Å². The molecule has 0 radical (unpaired) electrons. The van der Waals surface area contributed by atoms with E-state index >= 15 is 0 Å². The van der Waals surface area contributed by atoms with Gasteiger partial charge in [0.25, 0.3) is 0 Å². The number of hydrogen-bond acceptors (Lipinski definition) is 5. The van der Waals surface area contributed by atoms with Crippen molar-refractivity contribution in [1.82, 2.24) is 0 Å². The Morgan fingerprint density at radius 2 is 1.86 bits per heavy atom. The molecule has 1 fully saturated rings. The van der Waals surface area contributed by atoms with E-state index in [1.54, 1.807) is 18.2 Å². The minimum absolute atomic E-state index is 0.0769. The Hall–Kier alpha value is -1.63. The lowest BCUT2D eigenvalue weighted by molar-refractivity contribution is 0.00578. The summed E-state index contributed by atoms with van der Waals surface area (Å²) in [5.74, 6) is 0.0769. The third-order valence-electron chi connectivity index (χ3n) is 4.32. The van der Waals surface area contributed by atoms with Gasteiger partial charge in [0.15, 0.2) is 0 Å². The fraction of sp³-hybridized carbons (Fsp3) is 0.438. The highest BCUT2D eigenvalue weighted by Crippen LogP contribution is 2.38. The third kappa shape index (κ3) is 3.09. The Kier molecular flexibility index (Phi) is 4.47. The number of carbonyl (C=O) groups excluding carboxylic acids is 1. The average Bonchev–Trinajstić information content (AvgIpc) is 2.66. The first-order chi connectivity index (χ1) is 10.2. The first-order valence-corrected chi connectivity index (χ1v) is 7.24. The second-order valence-corrected chi connectivity index (χ2v) is 6.45. The lowest BCUT2D eigenvalue weighted by Crippen LogP contribution is -2.41. The van der Waals surface area contributed by atoms with Crippen LogP contribution in [0.2, 0.25) is 0 Å². The molecule has 2 rings (SSSR count). The van der Waals surface area contributed by atoms with Gasteiger partial charge < -0.3 is 20.1 Å². The van der Waals surface area contributed by atoms with E-state index in [2.05, 4.69) is 0 Å². The number of benzene rings is 1. The van der Waals surface area contributed by atoms with Crippen molar-refractivity contribution in [2.24, 2.45) is 5.73 Å². The summed E-state index contributed by atoms with van der Waals surface area (Å²) in [6.45, 7) is 8.08. The molecule has 1 saturated heterocycles. The molecule has 0 aromatic heterocycles. The van der Waals surface area contributed by atoms with Crippen LogP contribution in [0.4, 0.5) is 0 Å². The highest BCUT2D eigenvalue weighted by atomic mass is 16.7. The molecule has 1 aromatic carbocycles. The molecule has 0 bridgehead atoms. The number of phenolic OH excluding ortho intramolecular Hbond substituents is 1. The first-order valence-electron chi connectivity index (χ1n) is 7.24. The number of rotatable bonds is 4. The summed E-state index contributed by atoms with van der Waals surface area (Å²) in [4.78, 5) is 10.9. The quantitative estimate of drug-likeness (QED) is 0.658. The molecular formula is C16H22BNO4. The minimum atomic E-state index is -0.575. The third-order valence-corrected chi connectivity index (χ3v) is 4.32. The van der Waals surface area contributed by atoms with E-state index in [0.717, 1.165) is 6.29 Å². The van der Waals surface area contributed by atoms with Gasteiger partial charge in [-0.05, 0) is 51.4 Å². The molecule has 1 aliphatic heterocycles. The molecule has 22 heavy (non-hydrogen) atoms. The lowest BCUT2D eigenvalue weighted by atomic mass is 9.77. The zero-order chi connectivity index (χ0) is 16.5. The summed E-state index contributed by atoms with van der Waals surface area (Å²) in [6.07, 6.45) is 2.44. The fourth-order valence-corrected chi connectivity index (χ4v) is 2.18. The maximum absolute atomic E-state index is 10.9. The first kappa shape index (κ1) is 16.7. The predicted molar refractivity (Wildman–Crippen MR) is 86.6 cm³/mol. The summed E-state index contributed by atoms with van der Waals surface area (Å²) in [6, 6.07) is 4.63. The Bertz CT molecular complexity index is 594. The Labute approximate surface area is 131 Å². The van der Waals surface area contributed by atoms with Crippen molar-refractivity contribution < 1.29 is 19.2 Å². The van der Waals surface area contributed by atoms with Gasteiger partial charge in [0.1, 0.15) is 12.0 Å². The molecular weight excluding hydrogens is 281 g/mol. The zero-order valence-corrected chi connectivity index (χ0v) is 13.4. The van der Waals surface area contributed by atoms with Gasteiger partial charge in [0.2, 0.25) is 0 Å². The fourth-order valence-electron chi connectivity index (χ4n) is 2.18. The molecule has 0 spiro atoms. The second kappa shape index (κ2) is 5.87. The summed E-state index contributed by atoms with van der Waals surface area (Å²) in [5.41, 5.74) is 6.60. The molecule has 1 aliphatic rings. The van der Waals surface area contributed by atoms with Gasteiger partial charge in [-0.2, -0.15) is 0 Å². The smallest absolute Gasteiger partial charge is 0.491 e. The van der Waals surface area contributed by atoms with Crippen LogP contribution in [0.25, 0.3) is 6.08 Å². The zero-order valence-electron chi connectivity index (χ0n) is 13.4. The average molecular weight is 303 g/mol. The van der Waals surface area contributed by atoms with Crippen molar-refractivity contribution in [1.29, 1.82) is 0 Å². The standard InChI is InChI=1S/C16H22BNO4/c1-15(2)16(3,4)22-17(21-15)13(9-18)8-12-7-11(10-19)5-6-14(12)20/h5-8,10,20H,9,18H2,1-4H3. The van der Waals surface area contributed by atoms with Crippen molar-refractivity contribution in [3.05, 3.63) is 34.8 Å². The van der Waals surface area contributed by atoms with E-state index in [0.29, 0.717) is 16.6 Å². The minimum Gasteiger partial charge on any atom is -0.507 e. The van der Waals surface area contributed by atoms with E-state index in [4.69, 9.17) is 15.0 Å². The van der Waals surface area contributed by atoms with E-state index in [9.17, 15) is 9.90 Å². The van der Waals surface area contributed by atoms with Gasteiger partial charge in [-0.3, -0.25) is 4.79 Å². The number of nitrogens with two attached hydrogens (primary N) is 1. The molecule has 0 aliphatic carbocycles. The van der Waals surface area contributed by atoms with E-state index in [1.807, 2.05) is 27.7 Å². The van der Waals surface area contributed by atoms with Crippen molar-refractivity contribution in [3.8, 4) is 5.75 Å². The molecule has 0 saturated carbocycles. The van der Waals surface area contributed by atoms with Crippen LogP contribution in [0.3, 0.4) is 0 Å². The van der Waals surface area contributed by atoms with Crippen molar-refractivity contribution in [3.63, 3.8) is 0 Å². The molecule has 6 heteroatoms. The molecule has 1 aromatic rings. The Balaban J connectivity index is 2.35. The molecule has 5 nitrogen and oxygen atoms in total. The van der Waals surface area contributed by atoms with Crippen molar-refractivity contribution >= 4 is 19.5 Å². The number of aldehydes is 1. The normalized spacial score (nSPS) is 20.2. The van der Waals surface area contributed by atoms with Gasteiger partial charge in [-0.1, -0.05) is 6.08 Å². The second-order valence-electron chi connectivity index (χ2n) is 6.45. The van der Waals surface area contributed by atoms with Crippen LogP contribution in [-0.4, -0.2) is 36.3 Å². The maximum atomic E-state index is 10.9. The van der Waals surface area contributed by atoms with Crippen LogP contribution in [0.15, 0.2) is 23.7 Å². The monoisotopic (exact) mass is 303 g/mol. The van der Waals surface area contributed by atoms with E-state index < -0.39 is 18.3 Å². The van der Waals surface area contributed by atoms with Crippen molar-refractivity contribution in [2.45, 2.75) is 38.9 Å². The highest BCUT2D eigenvalue weighted by Gasteiger charge is 2.52. The van der Waals surface area contributed by atoms with E-state index in [1.165, 1.54) is 6.07 Å². The van der Waals surface area contributed by atoms with Crippen molar-refractivity contribution in [2.75, 3.05) is 6.54 Å². The molecule has 1 heterocycles. The molecule has 0 unspecified atom stereocenters. The van der Waals surface area contributed by atoms with Crippen LogP contribution in [-0.2, 0) is 9.31 Å². The van der Waals surface area contributed by atoms with Crippen LogP contribution in [0.5, 0.6) is 5.75 Å². The molecule has 3 N–H and O–H groups in total. The molecule has 0 atom stereocenters. The van der Waals surface area contributed by atoms with E-state index in [-0.39, 0.29) is 12.3 Å². The van der Waals surface area contributed by atoms with Gasteiger partial charge >= 0.3 is 7.12 Å². The maximum Gasteiger partial charge on any atom is 0.491 e. The van der Waals surface area contributed by atoms with Crippen LogP contribution < -0.4 is 5.73 Å². The summed E-state index contributed by atoms with van der Waals surface area (Å²) in [7, 11) is -0.575. The SMILES string of the molecule is CC1(C)OB(C(=Cc2cc(C=O)ccc2O)CN)OC1(C)C. The van der Waals surface area contributed by atoms with Crippen LogP contribution in [0.1, 0.15) is 43.6 Å². The van der Waals surface area contributed by atoms with Gasteiger partial charge in [-0.25, -0.2) is 0 Å². The lowest BCUT2D eigenvalue weighted by Gasteiger charge is -2.32. The Morgan fingerprint density at radius 3 is 2.36 bits per heavy atom. The summed E-state index contributed by atoms with van der Waals surface area (Å²) >= 11 is 0.